The summed E-state index contributed by atoms with van der Waals surface area (Å²) in [5.74, 6) is -0.170. The number of halogens is 2. The minimum Gasteiger partial charge on any atom is -0.325 e. The Morgan fingerprint density at radius 3 is 2.39 bits per heavy atom. The zero-order valence-electron chi connectivity index (χ0n) is 19.9. The molecule has 180 valence electrons. The summed E-state index contributed by atoms with van der Waals surface area (Å²) in [6.07, 6.45) is 5.16. The molecule has 6 heteroatoms. The predicted molar refractivity (Wildman–Crippen MR) is 148 cm³/mol. The van der Waals surface area contributed by atoms with E-state index in [-0.39, 0.29) is 5.91 Å². The Bertz CT molecular complexity index is 1590. The van der Waals surface area contributed by atoms with Gasteiger partial charge >= 0.3 is 0 Å². The summed E-state index contributed by atoms with van der Waals surface area (Å²) in [5, 5.41) is 4.33. The average Bonchev–Trinajstić information content (AvgIpc) is 3.28. The van der Waals surface area contributed by atoms with Crippen LogP contribution < -0.4 is 5.32 Å². The second-order valence-electron chi connectivity index (χ2n) is 9.36. The molecule has 2 aromatic heterocycles. The molecular formula is C30H25Cl2N3O. The fourth-order valence-corrected chi connectivity index (χ4v) is 5.56. The van der Waals surface area contributed by atoms with Crippen molar-refractivity contribution >= 4 is 40.4 Å². The number of hydrogen-bond acceptors (Lipinski definition) is 1. The van der Waals surface area contributed by atoms with E-state index in [4.69, 9.17) is 23.2 Å². The second kappa shape index (κ2) is 9.20. The molecule has 0 aliphatic carbocycles. The van der Waals surface area contributed by atoms with Crippen LogP contribution in [0, 0.1) is 6.92 Å². The van der Waals surface area contributed by atoms with Crippen LogP contribution in [0.25, 0.3) is 28.0 Å². The number of imidazole rings is 1. The highest BCUT2D eigenvalue weighted by molar-refractivity contribution is 6.31. The van der Waals surface area contributed by atoms with Gasteiger partial charge in [-0.1, -0.05) is 71.2 Å². The van der Waals surface area contributed by atoms with Crippen LogP contribution in [-0.2, 0) is 13.0 Å². The van der Waals surface area contributed by atoms with Crippen molar-refractivity contribution in [3.05, 3.63) is 106 Å². The molecule has 0 saturated heterocycles. The van der Waals surface area contributed by atoms with Crippen LogP contribution in [0.15, 0.2) is 79.0 Å². The number of rotatable bonds is 4. The Hall–Kier alpha value is -3.47. The summed E-state index contributed by atoms with van der Waals surface area (Å²) in [7, 11) is 0. The molecule has 6 rings (SSSR count). The largest absolute Gasteiger partial charge is 0.325 e. The summed E-state index contributed by atoms with van der Waals surface area (Å²) < 4.78 is 4.46. The Morgan fingerprint density at radius 2 is 1.64 bits per heavy atom. The number of carbonyl (C=O) groups excluding carboxylic acids is 1. The molecule has 0 saturated carbocycles. The Balaban J connectivity index is 1.61. The van der Waals surface area contributed by atoms with Gasteiger partial charge in [0.15, 0.2) is 0 Å². The molecule has 0 bridgehead atoms. The quantitative estimate of drug-likeness (QED) is 0.258. The first-order valence-corrected chi connectivity index (χ1v) is 12.9. The van der Waals surface area contributed by atoms with Gasteiger partial charge in [-0.25, -0.2) is 0 Å². The molecule has 0 fully saturated rings. The van der Waals surface area contributed by atoms with Gasteiger partial charge < -0.3 is 9.88 Å². The highest BCUT2D eigenvalue weighted by atomic mass is 35.5. The van der Waals surface area contributed by atoms with Gasteiger partial charge in [-0.3, -0.25) is 9.20 Å². The van der Waals surface area contributed by atoms with Crippen LogP contribution in [0.4, 0.5) is 5.69 Å². The Kier molecular flexibility index (Phi) is 5.87. The number of anilines is 1. The third kappa shape index (κ3) is 4.01. The summed E-state index contributed by atoms with van der Waals surface area (Å²) in [6, 6.07) is 23.6. The molecule has 0 atom stereocenters. The van der Waals surface area contributed by atoms with Crippen LogP contribution >= 0.6 is 23.2 Å². The van der Waals surface area contributed by atoms with Gasteiger partial charge in [0.05, 0.1) is 5.69 Å². The highest BCUT2D eigenvalue weighted by Crippen LogP contribution is 2.40. The van der Waals surface area contributed by atoms with Crippen molar-refractivity contribution in [2.24, 2.45) is 0 Å². The molecular weight excluding hydrogens is 489 g/mol. The molecule has 36 heavy (non-hydrogen) atoms. The van der Waals surface area contributed by atoms with Crippen molar-refractivity contribution in [3.8, 4) is 22.4 Å². The molecule has 1 aliphatic heterocycles. The number of aromatic nitrogens is 2. The van der Waals surface area contributed by atoms with Gasteiger partial charge in [0.2, 0.25) is 0 Å². The third-order valence-electron chi connectivity index (χ3n) is 6.91. The Morgan fingerprint density at radius 1 is 0.889 bits per heavy atom. The molecule has 0 unspecified atom stereocenters. The first kappa shape index (κ1) is 23.0. The minimum absolute atomic E-state index is 0.170. The summed E-state index contributed by atoms with van der Waals surface area (Å²) >= 11 is 12.4. The van der Waals surface area contributed by atoms with Gasteiger partial charge in [-0.05, 0) is 67.6 Å². The fourth-order valence-electron chi connectivity index (χ4n) is 5.25. The van der Waals surface area contributed by atoms with E-state index in [1.54, 1.807) is 12.1 Å². The number of hydrogen-bond donors (Lipinski definition) is 1. The lowest BCUT2D eigenvalue weighted by atomic mass is 9.97. The number of amides is 1. The standard InChI is InChI=1S/C30H25Cl2N3O/c1-19-8-10-20(11-9-19)26-18-35-28(29(36)33-24-6-4-5-23(32)17-24)27(21-12-14-22(31)15-13-21)25-7-2-3-16-34(26)30(25)35/h4-6,8-15,17-18H,2-3,7,16H2,1H3,(H,33,36). The number of nitrogens with zero attached hydrogens (tertiary/aromatic N) is 2. The van der Waals surface area contributed by atoms with E-state index in [0.717, 1.165) is 53.8 Å². The Labute approximate surface area is 220 Å². The minimum atomic E-state index is -0.170. The van der Waals surface area contributed by atoms with Crippen LogP contribution in [0.1, 0.15) is 34.5 Å². The maximum atomic E-state index is 13.9. The molecule has 1 N–H and O–H groups in total. The normalized spacial score (nSPS) is 13.1. The van der Waals surface area contributed by atoms with Gasteiger partial charge in [-0.2, -0.15) is 0 Å². The first-order chi connectivity index (χ1) is 17.5. The first-order valence-electron chi connectivity index (χ1n) is 12.2. The highest BCUT2D eigenvalue weighted by Gasteiger charge is 2.29. The molecule has 1 amide bonds. The van der Waals surface area contributed by atoms with E-state index in [1.807, 2.05) is 36.4 Å². The van der Waals surface area contributed by atoms with Crippen molar-refractivity contribution in [1.29, 1.82) is 0 Å². The third-order valence-corrected chi connectivity index (χ3v) is 7.40. The number of carbonyl (C=O) groups is 1. The van der Waals surface area contributed by atoms with Crippen LogP contribution in [0.5, 0.6) is 0 Å². The molecule has 4 nitrogen and oxygen atoms in total. The predicted octanol–water partition coefficient (Wildman–Crippen LogP) is 8.28. The zero-order valence-corrected chi connectivity index (χ0v) is 21.4. The lowest BCUT2D eigenvalue weighted by Crippen LogP contribution is -2.15. The van der Waals surface area contributed by atoms with E-state index >= 15 is 0 Å². The molecule has 1 aliphatic rings. The van der Waals surface area contributed by atoms with Crippen molar-refractivity contribution in [3.63, 3.8) is 0 Å². The molecule has 5 aromatic rings. The summed E-state index contributed by atoms with van der Waals surface area (Å²) in [4.78, 5) is 13.9. The van der Waals surface area contributed by atoms with Crippen LogP contribution in [-0.4, -0.2) is 14.9 Å². The van der Waals surface area contributed by atoms with Crippen molar-refractivity contribution in [2.45, 2.75) is 32.7 Å². The van der Waals surface area contributed by atoms with Crippen molar-refractivity contribution < 1.29 is 4.79 Å². The SMILES string of the molecule is Cc1ccc(-c2cn3c(C(=O)Nc4cccc(Cl)c4)c(-c4ccc(Cl)cc4)c4c3n2CCCC4)cc1. The van der Waals surface area contributed by atoms with Gasteiger partial charge in [0, 0.05) is 39.6 Å². The number of benzene rings is 3. The monoisotopic (exact) mass is 513 g/mol. The van der Waals surface area contributed by atoms with Crippen molar-refractivity contribution in [1.82, 2.24) is 8.97 Å². The van der Waals surface area contributed by atoms with Crippen molar-refractivity contribution in [2.75, 3.05) is 5.32 Å². The lowest BCUT2D eigenvalue weighted by Gasteiger charge is -2.11. The number of aryl methyl sites for hydroxylation is 3. The number of nitrogens with one attached hydrogen (secondary N) is 1. The molecule has 3 heterocycles. The van der Waals surface area contributed by atoms with Gasteiger partial charge in [-0.15, -0.1) is 0 Å². The van der Waals surface area contributed by atoms with E-state index in [0.29, 0.717) is 21.4 Å². The van der Waals surface area contributed by atoms with Gasteiger partial charge in [0.1, 0.15) is 11.3 Å². The molecule has 0 spiro atoms. The van der Waals surface area contributed by atoms with E-state index in [9.17, 15) is 4.79 Å². The smallest absolute Gasteiger partial charge is 0.273 e. The zero-order chi connectivity index (χ0) is 24.8. The van der Waals surface area contributed by atoms with Crippen LogP contribution in [0.2, 0.25) is 10.0 Å². The topological polar surface area (TPSA) is 38.4 Å². The molecule has 3 aromatic carbocycles. The lowest BCUT2D eigenvalue weighted by molar-refractivity contribution is 0.102. The van der Waals surface area contributed by atoms with Gasteiger partial charge in [0.25, 0.3) is 5.91 Å². The van der Waals surface area contributed by atoms with E-state index in [1.165, 1.54) is 11.1 Å². The fraction of sp³-hybridized carbons (Fsp3) is 0.167. The maximum absolute atomic E-state index is 13.9. The second-order valence-corrected chi connectivity index (χ2v) is 10.2. The average molecular weight is 514 g/mol. The van der Waals surface area contributed by atoms with E-state index < -0.39 is 0 Å². The maximum Gasteiger partial charge on any atom is 0.273 e. The summed E-state index contributed by atoms with van der Waals surface area (Å²) in [5.41, 5.74) is 9.01. The van der Waals surface area contributed by atoms with E-state index in [2.05, 4.69) is 51.7 Å². The summed E-state index contributed by atoms with van der Waals surface area (Å²) in [6.45, 7) is 3.00. The van der Waals surface area contributed by atoms with Crippen LogP contribution in [0.3, 0.4) is 0 Å². The molecule has 0 radical (unpaired) electrons.